The van der Waals surface area contributed by atoms with E-state index in [9.17, 15) is 0 Å². The third-order valence-corrected chi connectivity index (χ3v) is 2.69. The average molecular weight is 223 g/mol. The maximum Gasteiger partial charge on any atom is 0.165 e. The van der Waals surface area contributed by atoms with E-state index < -0.39 is 0 Å². The van der Waals surface area contributed by atoms with E-state index in [1.807, 2.05) is 13.0 Å². The molecule has 1 unspecified atom stereocenters. The monoisotopic (exact) mass is 223 g/mol. The topological polar surface area (TPSA) is 44.5 Å². The van der Waals surface area contributed by atoms with Gasteiger partial charge in [-0.3, -0.25) is 0 Å². The highest BCUT2D eigenvalue weighted by atomic mass is 16.5. The zero-order valence-electron chi connectivity index (χ0n) is 10.7. The second-order valence-corrected chi connectivity index (χ2v) is 4.29. The summed E-state index contributed by atoms with van der Waals surface area (Å²) < 4.78 is 10.7. The summed E-state index contributed by atoms with van der Waals surface area (Å²) in [5.74, 6) is 1.93. The molecule has 0 spiro atoms. The van der Waals surface area contributed by atoms with Crippen LogP contribution in [0.3, 0.4) is 0 Å². The van der Waals surface area contributed by atoms with Crippen LogP contribution < -0.4 is 15.2 Å². The lowest BCUT2D eigenvalue weighted by Crippen LogP contribution is -2.09. The van der Waals surface area contributed by atoms with Gasteiger partial charge in [-0.1, -0.05) is 19.9 Å². The molecule has 0 bridgehead atoms. The molecule has 0 saturated carbocycles. The molecule has 0 aliphatic carbocycles. The first-order valence-corrected chi connectivity index (χ1v) is 5.52. The Bertz CT molecular complexity index is 359. The van der Waals surface area contributed by atoms with Crippen molar-refractivity contribution >= 4 is 0 Å². The van der Waals surface area contributed by atoms with Crippen LogP contribution in [0.25, 0.3) is 0 Å². The highest BCUT2D eigenvalue weighted by molar-refractivity contribution is 5.51. The summed E-state index contributed by atoms with van der Waals surface area (Å²) in [6.07, 6.45) is 0. The predicted octanol–water partition coefficient (Wildman–Crippen LogP) is 2.85. The van der Waals surface area contributed by atoms with Crippen molar-refractivity contribution in [2.24, 2.45) is 5.73 Å². The molecule has 3 nitrogen and oxygen atoms in total. The molecule has 0 amide bonds. The fourth-order valence-corrected chi connectivity index (χ4v) is 1.69. The lowest BCUT2D eigenvalue weighted by atomic mass is 9.97. The molecular weight excluding hydrogens is 202 g/mol. The second kappa shape index (κ2) is 5.21. The van der Waals surface area contributed by atoms with E-state index >= 15 is 0 Å². The molecule has 0 aromatic heterocycles. The van der Waals surface area contributed by atoms with Crippen LogP contribution >= 0.6 is 0 Å². The molecule has 90 valence electrons. The van der Waals surface area contributed by atoms with Crippen LogP contribution in [-0.2, 0) is 0 Å². The van der Waals surface area contributed by atoms with Crippen LogP contribution in [0.2, 0.25) is 0 Å². The molecule has 2 N–H and O–H groups in total. The Morgan fingerprint density at radius 1 is 1.06 bits per heavy atom. The van der Waals surface area contributed by atoms with Crippen LogP contribution in [0, 0.1) is 0 Å². The number of ether oxygens (including phenoxy) is 2. The van der Waals surface area contributed by atoms with Crippen molar-refractivity contribution in [3.05, 3.63) is 23.3 Å². The molecule has 0 radical (unpaired) electrons. The maximum absolute atomic E-state index is 5.95. The van der Waals surface area contributed by atoms with Crippen molar-refractivity contribution < 1.29 is 9.47 Å². The van der Waals surface area contributed by atoms with Crippen LogP contribution in [-0.4, -0.2) is 14.2 Å². The molecule has 0 aliphatic heterocycles. The van der Waals surface area contributed by atoms with E-state index in [0.717, 1.165) is 17.1 Å². The number of rotatable bonds is 4. The van der Waals surface area contributed by atoms with Crippen molar-refractivity contribution in [1.29, 1.82) is 0 Å². The number of hydrogen-bond donors (Lipinski definition) is 1. The SMILES string of the molecule is COc1cc(C(C)C)cc(C(C)N)c1OC. The molecule has 0 fully saturated rings. The normalized spacial score (nSPS) is 12.7. The zero-order chi connectivity index (χ0) is 12.3. The number of benzene rings is 1. The Hall–Kier alpha value is -1.22. The Kier molecular flexibility index (Phi) is 4.19. The summed E-state index contributed by atoms with van der Waals surface area (Å²) in [5.41, 5.74) is 8.15. The van der Waals surface area contributed by atoms with Gasteiger partial charge in [0.15, 0.2) is 11.5 Å². The van der Waals surface area contributed by atoms with Crippen molar-refractivity contribution in [3.63, 3.8) is 0 Å². The Morgan fingerprint density at radius 3 is 2.06 bits per heavy atom. The Balaban J connectivity index is 3.37. The van der Waals surface area contributed by atoms with Gasteiger partial charge in [-0.15, -0.1) is 0 Å². The molecule has 1 aromatic carbocycles. The third kappa shape index (κ3) is 2.47. The largest absolute Gasteiger partial charge is 0.493 e. The lowest BCUT2D eigenvalue weighted by Gasteiger charge is -2.18. The van der Waals surface area contributed by atoms with E-state index in [1.165, 1.54) is 5.56 Å². The smallest absolute Gasteiger partial charge is 0.165 e. The summed E-state index contributed by atoms with van der Waals surface area (Å²) in [6.45, 7) is 6.24. The van der Waals surface area contributed by atoms with Gasteiger partial charge in [0.25, 0.3) is 0 Å². The summed E-state index contributed by atoms with van der Waals surface area (Å²) in [6, 6.07) is 4.04. The molecule has 16 heavy (non-hydrogen) atoms. The highest BCUT2D eigenvalue weighted by Crippen LogP contribution is 2.37. The number of methoxy groups -OCH3 is 2. The predicted molar refractivity (Wildman–Crippen MR) is 66.2 cm³/mol. The summed E-state index contributed by atoms with van der Waals surface area (Å²) in [7, 11) is 3.28. The molecule has 1 aromatic rings. The minimum absolute atomic E-state index is 0.0671. The molecule has 3 heteroatoms. The van der Waals surface area contributed by atoms with Gasteiger partial charge in [-0.2, -0.15) is 0 Å². The Labute approximate surface area is 97.6 Å². The lowest BCUT2D eigenvalue weighted by molar-refractivity contribution is 0.349. The van der Waals surface area contributed by atoms with E-state index in [2.05, 4.69) is 19.9 Å². The van der Waals surface area contributed by atoms with Crippen molar-refractivity contribution in [1.82, 2.24) is 0 Å². The highest BCUT2D eigenvalue weighted by Gasteiger charge is 2.16. The first-order valence-electron chi connectivity index (χ1n) is 5.52. The van der Waals surface area contributed by atoms with Gasteiger partial charge in [0.05, 0.1) is 14.2 Å². The fourth-order valence-electron chi connectivity index (χ4n) is 1.69. The van der Waals surface area contributed by atoms with Gasteiger partial charge >= 0.3 is 0 Å². The van der Waals surface area contributed by atoms with E-state index in [4.69, 9.17) is 15.2 Å². The quantitative estimate of drug-likeness (QED) is 0.853. The van der Waals surface area contributed by atoms with Crippen LogP contribution in [0.5, 0.6) is 11.5 Å². The number of nitrogens with two attached hydrogens (primary N) is 1. The molecule has 0 aliphatic rings. The standard InChI is InChI=1S/C13H21NO2/c1-8(2)10-6-11(9(3)14)13(16-5)12(7-10)15-4/h6-9H,14H2,1-5H3. The maximum atomic E-state index is 5.95. The van der Waals surface area contributed by atoms with E-state index in [1.54, 1.807) is 14.2 Å². The number of hydrogen-bond acceptors (Lipinski definition) is 3. The van der Waals surface area contributed by atoms with Gasteiger partial charge in [0.2, 0.25) is 0 Å². The first-order chi connectivity index (χ1) is 7.51. The van der Waals surface area contributed by atoms with Crippen molar-refractivity contribution in [3.8, 4) is 11.5 Å². The summed E-state index contributed by atoms with van der Waals surface area (Å²) in [5, 5.41) is 0. The molecule has 1 atom stereocenters. The van der Waals surface area contributed by atoms with Crippen LogP contribution in [0.4, 0.5) is 0 Å². The first kappa shape index (κ1) is 12.8. The van der Waals surface area contributed by atoms with Gasteiger partial charge in [-0.05, 0) is 24.5 Å². The van der Waals surface area contributed by atoms with Gasteiger partial charge in [0, 0.05) is 11.6 Å². The zero-order valence-corrected chi connectivity index (χ0v) is 10.7. The summed E-state index contributed by atoms with van der Waals surface area (Å²) >= 11 is 0. The average Bonchev–Trinajstić information content (AvgIpc) is 2.26. The van der Waals surface area contributed by atoms with Crippen molar-refractivity contribution in [2.75, 3.05) is 14.2 Å². The third-order valence-electron chi connectivity index (χ3n) is 2.69. The van der Waals surface area contributed by atoms with Gasteiger partial charge < -0.3 is 15.2 Å². The fraction of sp³-hybridized carbons (Fsp3) is 0.538. The molecule has 0 saturated heterocycles. The Morgan fingerprint density at radius 2 is 1.69 bits per heavy atom. The minimum atomic E-state index is -0.0671. The van der Waals surface area contributed by atoms with Crippen LogP contribution in [0.1, 0.15) is 43.9 Å². The second-order valence-electron chi connectivity index (χ2n) is 4.29. The van der Waals surface area contributed by atoms with E-state index in [-0.39, 0.29) is 6.04 Å². The molecule has 0 heterocycles. The minimum Gasteiger partial charge on any atom is -0.493 e. The van der Waals surface area contributed by atoms with Gasteiger partial charge in [0.1, 0.15) is 0 Å². The molecular formula is C13H21NO2. The van der Waals surface area contributed by atoms with Crippen molar-refractivity contribution in [2.45, 2.75) is 32.7 Å². The van der Waals surface area contributed by atoms with Crippen LogP contribution in [0.15, 0.2) is 12.1 Å². The van der Waals surface area contributed by atoms with E-state index in [0.29, 0.717) is 5.92 Å². The summed E-state index contributed by atoms with van der Waals surface area (Å²) in [4.78, 5) is 0. The van der Waals surface area contributed by atoms with Gasteiger partial charge in [-0.25, -0.2) is 0 Å². The molecule has 1 rings (SSSR count).